The first kappa shape index (κ1) is 23.5. The van der Waals surface area contributed by atoms with Crippen molar-refractivity contribution in [3.05, 3.63) is 94.0 Å². The highest BCUT2D eigenvalue weighted by atomic mass is 32.2. The van der Waals surface area contributed by atoms with Crippen LogP contribution in [0.1, 0.15) is 57.6 Å². The van der Waals surface area contributed by atoms with E-state index >= 15 is 0 Å². The summed E-state index contributed by atoms with van der Waals surface area (Å²) in [6, 6.07) is 18.0. The largest absolute Gasteiger partial charge is 0.345 e. The fourth-order valence-electron chi connectivity index (χ4n) is 3.51. The maximum atomic E-state index is 13.1. The van der Waals surface area contributed by atoms with Crippen molar-refractivity contribution in [2.45, 2.75) is 52.0 Å². The van der Waals surface area contributed by atoms with Crippen molar-refractivity contribution < 1.29 is 13.2 Å². The van der Waals surface area contributed by atoms with Gasteiger partial charge in [-0.05, 0) is 80.6 Å². The average molecular weight is 451 g/mol. The minimum absolute atomic E-state index is 0.0896. The summed E-state index contributed by atoms with van der Waals surface area (Å²) >= 11 is 0. The molecule has 3 rings (SSSR count). The van der Waals surface area contributed by atoms with Gasteiger partial charge in [-0.15, -0.1) is 0 Å². The van der Waals surface area contributed by atoms with Crippen LogP contribution in [0.25, 0.3) is 0 Å². The number of hydrogen-bond acceptors (Lipinski definition) is 3. The molecule has 0 radical (unpaired) electrons. The molecular formula is C26H30N2O3S. The molecule has 0 aliphatic rings. The number of amides is 1. The molecule has 0 saturated heterocycles. The molecule has 0 aliphatic heterocycles. The van der Waals surface area contributed by atoms with Crippen LogP contribution in [0, 0.1) is 27.7 Å². The number of carbonyl (C=O) groups is 1. The fourth-order valence-corrected chi connectivity index (χ4v) is 4.83. The van der Waals surface area contributed by atoms with Crippen LogP contribution in [-0.2, 0) is 10.0 Å². The number of benzene rings is 3. The van der Waals surface area contributed by atoms with Gasteiger partial charge in [0.1, 0.15) is 0 Å². The van der Waals surface area contributed by atoms with E-state index in [-0.39, 0.29) is 16.8 Å². The van der Waals surface area contributed by atoms with Crippen molar-refractivity contribution in [2.75, 3.05) is 4.72 Å². The highest BCUT2D eigenvalue weighted by Gasteiger charge is 2.21. The highest BCUT2D eigenvalue weighted by molar-refractivity contribution is 7.92. The Labute approximate surface area is 190 Å². The van der Waals surface area contributed by atoms with E-state index in [1.165, 1.54) is 6.07 Å². The number of aryl methyl sites for hydroxylation is 4. The molecule has 1 amide bonds. The second kappa shape index (κ2) is 9.57. The first-order valence-corrected chi connectivity index (χ1v) is 12.2. The topological polar surface area (TPSA) is 75.3 Å². The molecule has 32 heavy (non-hydrogen) atoms. The first-order chi connectivity index (χ1) is 15.1. The Hall–Kier alpha value is -3.12. The molecule has 0 unspecified atom stereocenters. The minimum atomic E-state index is -3.85. The van der Waals surface area contributed by atoms with Crippen molar-refractivity contribution in [1.82, 2.24) is 5.32 Å². The predicted octanol–water partition coefficient (Wildman–Crippen LogP) is 5.60. The smallest absolute Gasteiger partial charge is 0.262 e. The van der Waals surface area contributed by atoms with Gasteiger partial charge < -0.3 is 5.32 Å². The fraction of sp³-hybridized carbons (Fsp3) is 0.269. The van der Waals surface area contributed by atoms with Crippen LogP contribution in [0.3, 0.4) is 0 Å². The third-order valence-electron chi connectivity index (χ3n) is 5.69. The molecule has 168 valence electrons. The van der Waals surface area contributed by atoms with Gasteiger partial charge >= 0.3 is 0 Å². The predicted molar refractivity (Wildman–Crippen MR) is 130 cm³/mol. The summed E-state index contributed by atoms with van der Waals surface area (Å²) in [6.45, 7) is 9.65. The Morgan fingerprint density at radius 2 is 1.50 bits per heavy atom. The highest BCUT2D eigenvalue weighted by Crippen LogP contribution is 2.23. The van der Waals surface area contributed by atoms with E-state index in [9.17, 15) is 13.2 Å². The summed E-state index contributed by atoms with van der Waals surface area (Å²) in [5.41, 5.74) is 5.62. The number of nitrogens with one attached hydrogen (secondary N) is 2. The van der Waals surface area contributed by atoms with Gasteiger partial charge in [0.15, 0.2) is 0 Å². The summed E-state index contributed by atoms with van der Waals surface area (Å²) in [7, 11) is -3.85. The monoisotopic (exact) mass is 450 g/mol. The maximum absolute atomic E-state index is 13.1. The van der Waals surface area contributed by atoms with E-state index in [0.717, 1.165) is 28.7 Å². The number of rotatable bonds is 7. The summed E-state index contributed by atoms with van der Waals surface area (Å²) in [5, 5.41) is 3.03. The van der Waals surface area contributed by atoms with Crippen LogP contribution in [0.15, 0.2) is 65.6 Å². The maximum Gasteiger partial charge on any atom is 0.262 e. The minimum Gasteiger partial charge on any atom is -0.345 e. The molecular weight excluding hydrogens is 420 g/mol. The number of anilines is 1. The zero-order valence-electron chi connectivity index (χ0n) is 19.2. The lowest BCUT2D eigenvalue weighted by Gasteiger charge is -2.18. The molecule has 3 aromatic carbocycles. The SMILES string of the molecule is CC[C@@H](NC(=O)c1ccc(C)c(S(=O)(=O)Nc2ccc(C)c(C)c2)c1)c1ccc(C)cc1. The van der Waals surface area contributed by atoms with Gasteiger partial charge in [0.25, 0.3) is 15.9 Å². The average Bonchev–Trinajstić information content (AvgIpc) is 2.75. The van der Waals surface area contributed by atoms with Gasteiger partial charge in [-0.2, -0.15) is 0 Å². The van der Waals surface area contributed by atoms with Crippen molar-refractivity contribution in [2.24, 2.45) is 0 Å². The van der Waals surface area contributed by atoms with Crippen molar-refractivity contribution in [3.8, 4) is 0 Å². The normalized spacial score (nSPS) is 12.3. The van der Waals surface area contributed by atoms with Gasteiger partial charge in [-0.25, -0.2) is 8.42 Å². The number of hydrogen-bond donors (Lipinski definition) is 2. The number of carbonyl (C=O) groups excluding carboxylic acids is 1. The van der Waals surface area contributed by atoms with Crippen molar-refractivity contribution >= 4 is 21.6 Å². The lowest BCUT2D eigenvalue weighted by Crippen LogP contribution is -2.28. The molecule has 0 aliphatic carbocycles. The van der Waals surface area contributed by atoms with Crippen molar-refractivity contribution in [1.29, 1.82) is 0 Å². The van der Waals surface area contributed by atoms with Crippen LogP contribution >= 0.6 is 0 Å². The van der Waals surface area contributed by atoms with Gasteiger partial charge in [-0.1, -0.05) is 48.9 Å². The summed E-state index contributed by atoms with van der Waals surface area (Å²) in [4.78, 5) is 13.0. The second-order valence-electron chi connectivity index (χ2n) is 8.23. The molecule has 2 N–H and O–H groups in total. The van der Waals surface area contributed by atoms with Gasteiger partial charge in [0, 0.05) is 11.3 Å². The van der Waals surface area contributed by atoms with Crippen LogP contribution < -0.4 is 10.0 Å². The van der Waals surface area contributed by atoms with E-state index in [2.05, 4.69) is 10.0 Å². The Bertz CT molecular complexity index is 1230. The molecule has 0 bridgehead atoms. The van der Waals surface area contributed by atoms with Gasteiger partial charge in [0.2, 0.25) is 0 Å². The van der Waals surface area contributed by atoms with Crippen LogP contribution in [0.2, 0.25) is 0 Å². The Balaban J connectivity index is 1.85. The standard InChI is InChI=1S/C26H30N2O3S/c1-6-24(21-11-7-17(2)8-12-21)27-26(29)22-13-9-19(4)25(16-22)32(30,31)28-23-14-10-18(3)20(5)15-23/h7-16,24,28H,6H2,1-5H3,(H,27,29)/t24-/m1/s1. The van der Waals surface area contributed by atoms with E-state index in [1.54, 1.807) is 31.2 Å². The van der Waals surface area contributed by atoms with E-state index in [4.69, 9.17) is 0 Å². The molecule has 0 aromatic heterocycles. The molecule has 0 fully saturated rings. The Morgan fingerprint density at radius 1 is 0.844 bits per heavy atom. The van der Waals surface area contributed by atoms with Crippen molar-refractivity contribution in [3.63, 3.8) is 0 Å². The third-order valence-corrected chi connectivity index (χ3v) is 7.22. The van der Waals surface area contributed by atoms with E-state index in [1.807, 2.05) is 58.0 Å². The van der Waals surface area contributed by atoms with Crippen LogP contribution in [0.5, 0.6) is 0 Å². The van der Waals surface area contributed by atoms with Gasteiger partial charge in [-0.3, -0.25) is 9.52 Å². The summed E-state index contributed by atoms with van der Waals surface area (Å²) in [6.07, 6.45) is 0.722. The lowest BCUT2D eigenvalue weighted by atomic mass is 10.0. The molecule has 0 heterocycles. The lowest BCUT2D eigenvalue weighted by molar-refractivity contribution is 0.0935. The number of sulfonamides is 1. The molecule has 0 spiro atoms. The molecule has 1 atom stereocenters. The first-order valence-electron chi connectivity index (χ1n) is 10.7. The second-order valence-corrected chi connectivity index (χ2v) is 9.88. The zero-order valence-corrected chi connectivity index (χ0v) is 20.0. The Morgan fingerprint density at radius 3 is 2.12 bits per heavy atom. The van der Waals surface area contributed by atoms with Crippen LogP contribution in [0.4, 0.5) is 5.69 Å². The summed E-state index contributed by atoms with van der Waals surface area (Å²) in [5.74, 6) is -0.306. The quantitative estimate of drug-likeness (QED) is 0.492. The van der Waals surface area contributed by atoms with Gasteiger partial charge in [0.05, 0.1) is 10.9 Å². The zero-order chi connectivity index (χ0) is 23.5. The van der Waals surface area contributed by atoms with Crippen LogP contribution in [-0.4, -0.2) is 14.3 Å². The summed E-state index contributed by atoms with van der Waals surface area (Å²) < 4.78 is 28.8. The Kier molecular flexibility index (Phi) is 7.04. The van der Waals surface area contributed by atoms with E-state index in [0.29, 0.717) is 16.8 Å². The molecule has 5 nitrogen and oxygen atoms in total. The molecule has 3 aromatic rings. The molecule has 0 saturated carbocycles. The molecule has 6 heteroatoms. The third kappa shape index (κ3) is 5.37. The van der Waals surface area contributed by atoms with E-state index < -0.39 is 10.0 Å².